The van der Waals surface area contributed by atoms with E-state index in [-0.39, 0.29) is 12.7 Å². The van der Waals surface area contributed by atoms with Crippen LogP contribution in [-0.2, 0) is 10.2 Å². The van der Waals surface area contributed by atoms with Crippen molar-refractivity contribution in [2.45, 2.75) is 26.2 Å². The van der Waals surface area contributed by atoms with Crippen LogP contribution in [0.3, 0.4) is 0 Å². The number of aryl methyl sites for hydroxylation is 1. The van der Waals surface area contributed by atoms with E-state index in [1.165, 1.54) is 0 Å². The fourth-order valence-corrected chi connectivity index (χ4v) is 3.78. The number of carbonyl (C=O) groups is 1. The molecular formula is C25H23N3O3. The minimum absolute atomic E-state index is 0.144. The molecule has 0 saturated carbocycles. The second kappa shape index (κ2) is 7.16. The molecule has 0 bridgehead atoms. The Morgan fingerprint density at radius 2 is 1.87 bits per heavy atom. The van der Waals surface area contributed by atoms with Crippen LogP contribution in [0, 0.1) is 6.92 Å². The fraction of sp³-hybridized carbons (Fsp3) is 0.200. The average molecular weight is 413 g/mol. The smallest absolute Gasteiger partial charge is 0.235 e. The number of nitrogens with zero attached hydrogens (tertiary/aromatic N) is 1. The van der Waals surface area contributed by atoms with E-state index in [0.29, 0.717) is 17.3 Å². The Morgan fingerprint density at radius 1 is 1.03 bits per heavy atom. The maximum atomic E-state index is 13.2. The first-order valence-corrected chi connectivity index (χ1v) is 10.2. The van der Waals surface area contributed by atoms with Crippen molar-refractivity contribution >= 4 is 22.6 Å². The van der Waals surface area contributed by atoms with Crippen LogP contribution in [0.4, 0.5) is 5.82 Å². The Morgan fingerprint density at radius 3 is 2.74 bits per heavy atom. The first kappa shape index (κ1) is 19.2. The van der Waals surface area contributed by atoms with Crippen LogP contribution in [0.1, 0.15) is 25.0 Å². The zero-order valence-corrected chi connectivity index (χ0v) is 17.7. The zero-order chi connectivity index (χ0) is 21.6. The number of nitrogens with one attached hydrogen (secondary N) is 2. The topological polar surface area (TPSA) is 76.2 Å². The van der Waals surface area contributed by atoms with Crippen molar-refractivity contribution in [3.8, 4) is 22.8 Å². The number of anilines is 1. The summed E-state index contributed by atoms with van der Waals surface area (Å²) in [6.45, 7) is 5.99. The molecule has 1 amide bonds. The Balaban J connectivity index is 1.43. The van der Waals surface area contributed by atoms with E-state index in [4.69, 9.17) is 14.5 Å². The molecule has 0 aliphatic carbocycles. The highest BCUT2D eigenvalue weighted by atomic mass is 16.7. The summed E-state index contributed by atoms with van der Waals surface area (Å²) in [4.78, 5) is 21.1. The second-order valence-corrected chi connectivity index (χ2v) is 8.29. The third-order valence-corrected chi connectivity index (χ3v) is 5.83. The van der Waals surface area contributed by atoms with Crippen LogP contribution in [-0.4, -0.2) is 22.7 Å². The molecular weight excluding hydrogens is 390 g/mol. The van der Waals surface area contributed by atoms with E-state index >= 15 is 0 Å². The molecule has 6 heteroatoms. The SMILES string of the molecule is Cc1ccc(NC(=O)C(C)(C)c2ccc3c(c2)OCO3)nc1-c1ccc2[nH]ccc2c1. The molecule has 0 spiro atoms. The molecule has 6 nitrogen and oxygen atoms in total. The number of pyridine rings is 1. The molecule has 3 heterocycles. The van der Waals surface area contributed by atoms with Crippen molar-refractivity contribution < 1.29 is 14.3 Å². The predicted octanol–water partition coefficient (Wildman–Crippen LogP) is 5.18. The average Bonchev–Trinajstić information content (AvgIpc) is 3.43. The lowest BCUT2D eigenvalue weighted by atomic mass is 9.83. The van der Waals surface area contributed by atoms with Crippen LogP contribution in [0.25, 0.3) is 22.2 Å². The lowest BCUT2D eigenvalue weighted by Crippen LogP contribution is -2.35. The van der Waals surface area contributed by atoms with Crippen molar-refractivity contribution in [3.63, 3.8) is 0 Å². The monoisotopic (exact) mass is 413 g/mol. The third-order valence-electron chi connectivity index (χ3n) is 5.83. The number of fused-ring (bicyclic) bond motifs is 2. The van der Waals surface area contributed by atoms with Crippen molar-refractivity contribution in [3.05, 3.63) is 71.9 Å². The highest BCUT2D eigenvalue weighted by Crippen LogP contribution is 2.37. The summed E-state index contributed by atoms with van der Waals surface area (Å²) in [5.41, 5.74) is 4.05. The number of aromatic nitrogens is 2. The van der Waals surface area contributed by atoms with Gasteiger partial charge in [0, 0.05) is 22.7 Å². The van der Waals surface area contributed by atoms with E-state index in [2.05, 4.69) is 16.4 Å². The van der Waals surface area contributed by atoms with E-state index in [0.717, 1.165) is 33.3 Å². The van der Waals surface area contributed by atoms with Gasteiger partial charge in [0.2, 0.25) is 12.7 Å². The van der Waals surface area contributed by atoms with Gasteiger partial charge in [-0.25, -0.2) is 4.98 Å². The predicted molar refractivity (Wildman–Crippen MR) is 120 cm³/mol. The quantitative estimate of drug-likeness (QED) is 0.483. The minimum Gasteiger partial charge on any atom is -0.454 e. The van der Waals surface area contributed by atoms with E-state index in [1.54, 1.807) is 0 Å². The molecule has 0 unspecified atom stereocenters. The van der Waals surface area contributed by atoms with E-state index in [9.17, 15) is 4.79 Å². The minimum atomic E-state index is -0.780. The van der Waals surface area contributed by atoms with Gasteiger partial charge in [-0.05, 0) is 68.3 Å². The highest BCUT2D eigenvalue weighted by molar-refractivity contribution is 5.98. The van der Waals surface area contributed by atoms with Gasteiger partial charge in [-0.2, -0.15) is 0 Å². The molecule has 1 aliphatic heterocycles. The molecule has 31 heavy (non-hydrogen) atoms. The first-order valence-electron chi connectivity index (χ1n) is 10.2. The van der Waals surface area contributed by atoms with Crippen LogP contribution in [0.2, 0.25) is 0 Å². The van der Waals surface area contributed by atoms with Crippen molar-refractivity contribution in [2.75, 3.05) is 12.1 Å². The molecule has 2 aromatic carbocycles. The number of aromatic amines is 1. The molecule has 156 valence electrons. The zero-order valence-electron chi connectivity index (χ0n) is 17.7. The molecule has 0 atom stereocenters. The summed E-state index contributed by atoms with van der Waals surface area (Å²) >= 11 is 0. The van der Waals surface area contributed by atoms with Gasteiger partial charge in [0.05, 0.1) is 11.1 Å². The first-order chi connectivity index (χ1) is 14.9. The van der Waals surface area contributed by atoms with Gasteiger partial charge >= 0.3 is 0 Å². The van der Waals surface area contributed by atoms with E-state index < -0.39 is 5.41 Å². The molecule has 0 fully saturated rings. The molecule has 1 aliphatic rings. The van der Waals surface area contributed by atoms with E-state index in [1.807, 2.05) is 75.5 Å². The largest absolute Gasteiger partial charge is 0.454 e. The molecule has 2 N–H and O–H groups in total. The lowest BCUT2D eigenvalue weighted by Gasteiger charge is -2.24. The number of amides is 1. The molecule has 0 saturated heterocycles. The maximum Gasteiger partial charge on any atom is 0.235 e. The Hall–Kier alpha value is -3.80. The Kier molecular flexibility index (Phi) is 4.43. The van der Waals surface area contributed by atoms with Crippen LogP contribution < -0.4 is 14.8 Å². The van der Waals surface area contributed by atoms with Gasteiger partial charge in [-0.15, -0.1) is 0 Å². The number of carbonyl (C=O) groups excluding carboxylic acids is 1. The van der Waals surface area contributed by atoms with Gasteiger partial charge in [0.25, 0.3) is 0 Å². The van der Waals surface area contributed by atoms with Crippen molar-refractivity contribution in [1.29, 1.82) is 0 Å². The Bertz CT molecular complexity index is 1310. The maximum absolute atomic E-state index is 13.2. The van der Waals surface area contributed by atoms with Gasteiger partial charge in [0.15, 0.2) is 11.5 Å². The number of rotatable bonds is 4. The van der Waals surface area contributed by atoms with Crippen LogP contribution in [0.5, 0.6) is 11.5 Å². The number of hydrogen-bond acceptors (Lipinski definition) is 4. The summed E-state index contributed by atoms with van der Waals surface area (Å²) in [6, 6.07) is 17.6. The second-order valence-electron chi connectivity index (χ2n) is 8.29. The number of ether oxygens (including phenoxy) is 2. The van der Waals surface area contributed by atoms with Gasteiger partial charge in [-0.1, -0.05) is 18.2 Å². The number of hydrogen-bond donors (Lipinski definition) is 2. The number of benzene rings is 2. The Labute approximate surface area is 180 Å². The third kappa shape index (κ3) is 3.40. The lowest BCUT2D eigenvalue weighted by molar-refractivity contribution is -0.120. The normalized spacial score (nSPS) is 12.9. The van der Waals surface area contributed by atoms with Gasteiger partial charge in [0.1, 0.15) is 5.82 Å². The highest BCUT2D eigenvalue weighted by Gasteiger charge is 2.32. The standard InChI is InChI=1S/C25H23N3O3/c1-15-4-9-22(27-23(15)17-5-7-19-16(12-17)10-11-26-19)28-24(29)25(2,3)18-6-8-20-21(13-18)31-14-30-20/h4-13,26H,14H2,1-3H3,(H,27,28,29). The number of H-pyrrole nitrogens is 1. The van der Waals surface area contributed by atoms with Gasteiger partial charge in [-0.3, -0.25) is 4.79 Å². The molecule has 4 aromatic rings. The molecule has 5 rings (SSSR count). The fourth-order valence-electron chi connectivity index (χ4n) is 3.78. The van der Waals surface area contributed by atoms with Crippen LogP contribution in [0.15, 0.2) is 60.8 Å². The summed E-state index contributed by atoms with van der Waals surface area (Å²) in [5, 5.41) is 4.11. The summed E-state index contributed by atoms with van der Waals surface area (Å²) < 4.78 is 10.8. The van der Waals surface area contributed by atoms with Crippen LogP contribution >= 0.6 is 0 Å². The summed E-state index contributed by atoms with van der Waals surface area (Å²) in [6.07, 6.45) is 1.92. The van der Waals surface area contributed by atoms with Crippen molar-refractivity contribution in [1.82, 2.24) is 9.97 Å². The molecule has 2 aromatic heterocycles. The molecule has 0 radical (unpaired) electrons. The van der Waals surface area contributed by atoms with Crippen molar-refractivity contribution in [2.24, 2.45) is 0 Å². The summed E-state index contributed by atoms with van der Waals surface area (Å²) in [5.74, 6) is 1.74. The van der Waals surface area contributed by atoms with Gasteiger partial charge < -0.3 is 19.8 Å². The summed E-state index contributed by atoms with van der Waals surface area (Å²) in [7, 11) is 0.